The average Bonchev–Trinajstić information content (AvgIpc) is 2.45. The van der Waals surface area contributed by atoms with Gasteiger partial charge in [-0.3, -0.25) is 4.79 Å². The third kappa shape index (κ3) is 6.59. The van der Waals surface area contributed by atoms with Crippen LogP contribution in [0.3, 0.4) is 0 Å². The molecule has 118 valence electrons. The van der Waals surface area contributed by atoms with Crippen LogP contribution in [-0.2, 0) is 15.7 Å². The van der Waals surface area contributed by atoms with E-state index in [2.05, 4.69) is 5.32 Å². The van der Waals surface area contributed by atoms with E-state index >= 15 is 0 Å². The van der Waals surface area contributed by atoms with Crippen molar-refractivity contribution in [2.24, 2.45) is 0 Å². The maximum absolute atomic E-state index is 12.5. The molecule has 1 rings (SSSR count). The van der Waals surface area contributed by atoms with E-state index in [1.54, 1.807) is 7.11 Å². The molecule has 1 aromatic carbocycles. The van der Waals surface area contributed by atoms with Crippen molar-refractivity contribution in [3.05, 3.63) is 35.4 Å². The molecule has 21 heavy (non-hydrogen) atoms. The zero-order valence-corrected chi connectivity index (χ0v) is 11.7. The number of alkyl halides is 3. The number of nitrogens with one attached hydrogen (secondary N) is 1. The second-order valence-electron chi connectivity index (χ2n) is 4.29. The molecule has 0 unspecified atom stereocenters. The SMILES string of the molecule is COCCOCCCNC(=O)c1cccc(C(F)(F)F)c1. The van der Waals surface area contributed by atoms with Crippen molar-refractivity contribution < 1.29 is 27.4 Å². The Morgan fingerprint density at radius 1 is 1.24 bits per heavy atom. The van der Waals surface area contributed by atoms with Crippen LogP contribution in [-0.4, -0.2) is 39.4 Å². The van der Waals surface area contributed by atoms with Gasteiger partial charge in [0.25, 0.3) is 5.91 Å². The van der Waals surface area contributed by atoms with Crippen molar-refractivity contribution in [3.8, 4) is 0 Å². The molecule has 0 aromatic heterocycles. The lowest BCUT2D eigenvalue weighted by molar-refractivity contribution is -0.137. The molecule has 0 heterocycles. The Labute approximate surface area is 121 Å². The zero-order chi connectivity index (χ0) is 15.7. The number of ether oxygens (including phenoxy) is 2. The fraction of sp³-hybridized carbons (Fsp3) is 0.500. The second-order valence-corrected chi connectivity index (χ2v) is 4.29. The molecule has 0 bridgehead atoms. The Bertz CT molecular complexity index is 449. The Balaban J connectivity index is 2.36. The molecule has 0 fully saturated rings. The number of carbonyl (C=O) groups excluding carboxylic acids is 1. The summed E-state index contributed by atoms with van der Waals surface area (Å²) in [5.74, 6) is -0.530. The lowest BCUT2D eigenvalue weighted by Gasteiger charge is -2.09. The second kappa shape index (κ2) is 8.63. The average molecular weight is 305 g/mol. The minimum Gasteiger partial charge on any atom is -0.382 e. The van der Waals surface area contributed by atoms with Crippen LogP contribution in [0.5, 0.6) is 0 Å². The van der Waals surface area contributed by atoms with Crippen LogP contribution in [0.2, 0.25) is 0 Å². The summed E-state index contributed by atoms with van der Waals surface area (Å²) in [6.07, 6.45) is -3.88. The fourth-order valence-corrected chi connectivity index (χ4v) is 1.56. The van der Waals surface area contributed by atoms with Crippen molar-refractivity contribution in [1.82, 2.24) is 5.32 Å². The van der Waals surface area contributed by atoms with Crippen molar-refractivity contribution >= 4 is 5.91 Å². The van der Waals surface area contributed by atoms with Crippen LogP contribution >= 0.6 is 0 Å². The van der Waals surface area contributed by atoms with Crippen molar-refractivity contribution in [2.45, 2.75) is 12.6 Å². The van der Waals surface area contributed by atoms with Crippen LogP contribution in [0.1, 0.15) is 22.3 Å². The first-order valence-corrected chi connectivity index (χ1v) is 6.47. The topological polar surface area (TPSA) is 47.6 Å². The molecule has 4 nitrogen and oxygen atoms in total. The highest BCUT2D eigenvalue weighted by Crippen LogP contribution is 2.29. The lowest BCUT2D eigenvalue weighted by atomic mass is 10.1. The zero-order valence-electron chi connectivity index (χ0n) is 11.7. The number of benzene rings is 1. The summed E-state index contributed by atoms with van der Waals surface area (Å²) in [5, 5.41) is 2.55. The van der Waals surface area contributed by atoms with E-state index in [0.717, 1.165) is 12.1 Å². The number of hydrogen-bond donors (Lipinski definition) is 1. The molecule has 0 aliphatic heterocycles. The van der Waals surface area contributed by atoms with Crippen LogP contribution in [0.15, 0.2) is 24.3 Å². The van der Waals surface area contributed by atoms with Gasteiger partial charge in [0, 0.05) is 25.8 Å². The van der Waals surface area contributed by atoms with Crippen molar-refractivity contribution in [2.75, 3.05) is 33.5 Å². The first-order chi connectivity index (χ1) is 9.95. The number of carbonyl (C=O) groups is 1. The van der Waals surface area contributed by atoms with Gasteiger partial charge in [0.1, 0.15) is 0 Å². The van der Waals surface area contributed by atoms with Gasteiger partial charge in [0.15, 0.2) is 0 Å². The van der Waals surface area contributed by atoms with E-state index < -0.39 is 17.6 Å². The summed E-state index contributed by atoms with van der Waals surface area (Å²) >= 11 is 0. The van der Waals surface area contributed by atoms with E-state index in [4.69, 9.17) is 9.47 Å². The molecule has 0 aliphatic carbocycles. The number of rotatable bonds is 8. The van der Waals surface area contributed by atoms with E-state index in [-0.39, 0.29) is 5.56 Å². The number of methoxy groups -OCH3 is 1. The van der Waals surface area contributed by atoms with Gasteiger partial charge in [0.05, 0.1) is 18.8 Å². The van der Waals surface area contributed by atoms with Crippen molar-refractivity contribution in [1.29, 1.82) is 0 Å². The summed E-state index contributed by atoms with van der Waals surface area (Å²) in [5.41, 5.74) is -0.844. The Morgan fingerprint density at radius 3 is 2.67 bits per heavy atom. The predicted octanol–water partition coefficient (Wildman–Crippen LogP) is 2.49. The molecule has 0 saturated heterocycles. The minimum absolute atomic E-state index is 0.00914. The minimum atomic E-state index is -4.45. The number of hydrogen-bond acceptors (Lipinski definition) is 3. The quantitative estimate of drug-likeness (QED) is 0.751. The highest BCUT2D eigenvalue weighted by atomic mass is 19.4. The van der Waals surface area contributed by atoms with Crippen molar-refractivity contribution in [3.63, 3.8) is 0 Å². The molecule has 0 atom stereocenters. The molecule has 1 amide bonds. The largest absolute Gasteiger partial charge is 0.416 e. The Morgan fingerprint density at radius 2 is 2.00 bits per heavy atom. The summed E-state index contributed by atoms with van der Waals surface area (Å²) in [6.45, 7) is 1.75. The monoisotopic (exact) mass is 305 g/mol. The smallest absolute Gasteiger partial charge is 0.382 e. The van der Waals surface area contributed by atoms with Crippen LogP contribution < -0.4 is 5.32 Å². The molecule has 1 aromatic rings. The predicted molar refractivity (Wildman–Crippen MR) is 71.1 cm³/mol. The van der Waals surface area contributed by atoms with E-state index in [1.165, 1.54) is 12.1 Å². The Kier molecular flexibility index (Phi) is 7.18. The van der Waals surface area contributed by atoms with Gasteiger partial charge in [-0.2, -0.15) is 13.2 Å². The van der Waals surface area contributed by atoms with Crippen LogP contribution in [0.25, 0.3) is 0 Å². The highest BCUT2D eigenvalue weighted by molar-refractivity contribution is 5.94. The lowest BCUT2D eigenvalue weighted by Crippen LogP contribution is -2.25. The van der Waals surface area contributed by atoms with Gasteiger partial charge in [0.2, 0.25) is 0 Å². The maximum Gasteiger partial charge on any atom is 0.416 e. The normalized spacial score (nSPS) is 11.4. The Hall–Kier alpha value is -1.60. The fourth-order valence-electron chi connectivity index (χ4n) is 1.56. The molecular formula is C14H18F3NO3. The molecule has 7 heteroatoms. The first kappa shape index (κ1) is 17.5. The van der Waals surface area contributed by atoms with Gasteiger partial charge in [-0.1, -0.05) is 6.07 Å². The van der Waals surface area contributed by atoms with E-state index in [0.29, 0.717) is 32.8 Å². The van der Waals surface area contributed by atoms with Gasteiger partial charge in [-0.05, 0) is 24.6 Å². The van der Waals surface area contributed by atoms with Gasteiger partial charge in [-0.25, -0.2) is 0 Å². The molecular weight excluding hydrogens is 287 g/mol. The van der Waals surface area contributed by atoms with Gasteiger partial charge >= 0.3 is 6.18 Å². The van der Waals surface area contributed by atoms with Crippen LogP contribution in [0.4, 0.5) is 13.2 Å². The van der Waals surface area contributed by atoms with Gasteiger partial charge < -0.3 is 14.8 Å². The molecule has 1 N–H and O–H groups in total. The molecule has 0 aliphatic rings. The maximum atomic E-state index is 12.5. The van der Waals surface area contributed by atoms with Crippen LogP contribution in [0, 0.1) is 0 Å². The number of halogens is 3. The third-order valence-corrected chi connectivity index (χ3v) is 2.63. The highest BCUT2D eigenvalue weighted by Gasteiger charge is 2.30. The summed E-state index contributed by atoms with van der Waals surface area (Å²) < 4.78 is 47.6. The number of amides is 1. The standard InChI is InChI=1S/C14H18F3NO3/c1-20-8-9-21-7-3-6-18-13(19)11-4-2-5-12(10-11)14(15,16)17/h2,4-5,10H,3,6-9H2,1H3,(H,18,19). The van der Waals surface area contributed by atoms with E-state index in [9.17, 15) is 18.0 Å². The third-order valence-electron chi connectivity index (χ3n) is 2.63. The first-order valence-electron chi connectivity index (χ1n) is 6.47. The summed E-state index contributed by atoms with van der Waals surface area (Å²) in [6, 6.07) is 4.33. The summed E-state index contributed by atoms with van der Waals surface area (Å²) in [4.78, 5) is 11.7. The van der Waals surface area contributed by atoms with Gasteiger partial charge in [-0.15, -0.1) is 0 Å². The summed E-state index contributed by atoms with van der Waals surface area (Å²) in [7, 11) is 1.57. The molecule has 0 spiro atoms. The molecule has 0 saturated carbocycles. The van der Waals surface area contributed by atoms with E-state index in [1.807, 2.05) is 0 Å². The molecule has 0 radical (unpaired) electrons.